The van der Waals surface area contributed by atoms with Crippen LogP contribution >= 0.6 is 11.8 Å². The van der Waals surface area contributed by atoms with Gasteiger partial charge in [0.1, 0.15) is 5.75 Å². The quantitative estimate of drug-likeness (QED) is 0.749. The van der Waals surface area contributed by atoms with Gasteiger partial charge in [-0.25, -0.2) is 0 Å². The molecule has 1 N–H and O–H groups in total. The van der Waals surface area contributed by atoms with Crippen LogP contribution in [0.25, 0.3) is 0 Å². The third kappa shape index (κ3) is 3.53. The molecule has 1 rings (SSSR count). The van der Waals surface area contributed by atoms with E-state index in [9.17, 15) is 0 Å². The number of ether oxygens (including phenoxy) is 1. The Morgan fingerprint density at radius 3 is 2.62 bits per heavy atom. The molecular formula is C10H12O2S. The number of hydrogen-bond donors (Lipinski definition) is 1. The normalized spacial score (nSPS) is 10.6. The van der Waals surface area contributed by atoms with Crippen LogP contribution in [0.3, 0.4) is 0 Å². The lowest BCUT2D eigenvalue weighted by Crippen LogP contribution is -1.80. The molecule has 3 heteroatoms. The molecule has 0 bridgehead atoms. The van der Waals surface area contributed by atoms with Crippen molar-refractivity contribution in [3.8, 4) is 5.75 Å². The fourth-order valence-corrected chi connectivity index (χ4v) is 1.46. The van der Waals surface area contributed by atoms with E-state index in [2.05, 4.69) is 0 Å². The van der Waals surface area contributed by atoms with Crippen molar-refractivity contribution < 1.29 is 9.84 Å². The van der Waals surface area contributed by atoms with E-state index in [4.69, 9.17) is 9.84 Å². The first-order valence-corrected chi connectivity index (χ1v) is 4.81. The van der Waals surface area contributed by atoms with Gasteiger partial charge in [-0.2, -0.15) is 0 Å². The molecule has 0 radical (unpaired) electrons. The van der Waals surface area contributed by atoms with Crippen molar-refractivity contribution in [2.24, 2.45) is 0 Å². The molecule has 1 aromatic rings. The van der Waals surface area contributed by atoms with Crippen molar-refractivity contribution in [1.82, 2.24) is 0 Å². The second-order valence-electron chi connectivity index (χ2n) is 2.35. The number of aliphatic hydroxyl groups is 1. The van der Waals surface area contributed by atoms with Crippen LogP contribution in [0.4, 0.5) is 0 Å². The highest BCUT2D eigenvalue weighted by Gasteiger charge is 1.91. The van der Waals surface area contributed by atoms with Crippen molar-refractivity contribution in [1.29, 1.82) is 0 Å². The Labute approximate surface area is 82.2 Å². The lowest BCUT2D eigenvalue weighted by atomic mass is 10.3. The van der Waals surface area contributed by atoms with Gasteiger partial charge < -0.3 is 9.84 Å². The maximum absolute atomic E-state index is 8.51. The van der Waals surface area contributed by atoms with Gasteiger partial charge in [0.25, 0.3) is 0 Å². The maximum Gasteiger partial charge on any atom is 0.118 e. The lowest BCUT2D eigenvalue weighted by molar-refractivity contribution is 0.343. The number of aliphatic hydroxyl groups excluding tert-OH is 1. The molecule has 13 heavy (non-hydrogen) atoms. The number of thioether (sulfide) groups is 1. The van der Waals surface area contributed by atoms with E-state index in [1.807, 2.05) is 29.7 Å². The number of rotatable bonds is 4. The predicted octanol–water partition coefficient (Wildman–Crippen LogP) is 2.29. The monoisotopic (exact) mass is 196 g/mol. The first-order chi connectivity index (χ1) is 6.36. The molecule has 0 atom stereocenters. The van der Waals surface area contributed by atoms with E-state index < -0.39 is 0 Å². The van der Waals surface area contributed by atoms with Gasteiger partial charge in [0, 0.05) is 4.90 Å². The highest BCUT2D eigenvalue weighted by Crippen LogP contribution is 2.21. The largest absolute Gasteiger partial charge is 0.497 e. The fourth-order valence-electron chi connectivity index (χ4n) is 0.824. The van der Waals surface area contributed by atoms with Gasteiger partial charge in [-0.05, 0) is 29.7 Å². The Kier molecular flexibility index (Phi) is 4.43. The van der Waals surface area contributed by atoms with Crippen molar-refractivity contribution in [2.75, 3.05) is 13.7 Å². The first-order valence-electron chi connectivity index (χ1n) is 3.93. The van der Waals surface area contributed by atoms with E-state index in [0.717, 1.165) is 10.6 Å². The Balaban J connectivity index is 2.54. The van der Waals surface area contributed by atoms with Crippen LogP contribution in [0, 0.1) is 0 Å². The van der Waals surface area contributed by atoms with Crippen molar-refractivity contribution >= 4 is 11.8 Å². The van der Waals surface area contributed by atoms with Crippen LogP contribution < -0.4 is 4.74 Å². The molecule has 0 fully saturated rings. The molecule has 0 spiro atoms. The van der Waals surface area contributed by atoms with Crippen LogP contribution in [-0.2, 0) is 0 Å². The molecule has 70 valence electrons. The van der Waals surface area contributed by atoms with Gasteiger partial charge in [-0.15, -0.1) is 0 Å². The highest BCUT2D eigenvalue weighted by atomic mass is 32.2. The third-order valence-electron chi connectivity index (χ3n) is 1.47. The predicted molar refractivity (Wildman–Crippen MR) is 55.1 cm³/mol. The van der Waals surface area contributed by atoms with Gasteiger partial charge in [0.15, 0.2) is 0 Å². The van der Waals surface area contributed by atoms with Crippen molar-refractivity contribution in [3.05, 3.63) is 35.7 Å². The molecule has 0 amide bonds. The second kappa shape index (κ2) is 5.67. The third-order valence-corrected chi connectivity index (χ3v) is 2.34. The number of benzene rings is 1. The minimum absolute atomic E-state index is 0.0865. The summed E-state index contributed by atoms with van der Waals surface area (Å²) in [5, 5.41) is 10.4. The lowest BCUT2D eigenvalue weighted by Gasteiger charge is -1.99. The molecule has 0 aliphatic rings. The van der Waals surface area contributed by atoms with Crippen LogP contribution in [0.1, 0.15) is 0 Å². The topological polar surface area (TPSA) is 29.5 Å². The zero-order valence-corrected chi connectivity index (χ0v) is 8.25. The maximum atomic E-state index is 8.51. The Hall–Kier alpha value is -0.930. The molecule has 0 saturated heterocycles. The van der Waals surface area contributed by atoms with Gasteiger partial charge in [-0.3, -0.25) is 0 Å². The minimum Gasteiger partial charge on any atom is -0.497 e. The molecule has 0 unspecified atom stereocenters. The summed E-state index contributed by atoms with van der Waals surface area (Å²) in [6.07, 6.45) is 1.70. The Morgan fingerprint density at radius 1 is 1.38 bits per heavy atom. The molecule has 0 aliphatic carbocycles. The summed E-state index contributed by atoms with van der Waals surface area (Å²) in [4.78, 5) is 1.13. The fraction of sp³-hybridized carbons (Fsp3) is 0.200. The van der Waals surface area contributed by atoms with Crippen LogP contribution in [0.15, 0.2) is 40.6 Å². The number of hydrogen-bond acceptors (Lipinski definition) is 3. The molecule has 0 heterocycles. The average molecular weight is 196 g/mol. The molecule has 2 nitrogen and oxygen atoms in total. The second-order valence-corrected chi connectivity index (χ2v) is 3.33. The summed E-state index contributed by atoms with van der Waals surface area (Å²) in [7, 11) is 1.65. The molecule has 0 aliphatic heterocycles. The molecule has 0 saturated carbocycles. The van der Waals surface area contributed by atoms with E-state index in [0.29, 0.717) is 0 Å². The summed E-state index contributed by atoms with van der Waals surface area (Å²) >= 11 is 1.57. The highest BCUT2D eigenvalue weighted by molar-refractivity contribution is 8.02. The molecule has 1 aromatic carbocycles. The van der Waals surface area contributed by atoms with E-state index in [-0.39, 0.29) is 6.61 Å². The molecule has 0 aromatic heterocycles. The zero-order valence-electron chi connectivity index (χ0n) is 7.43. The van der Waals surface area contributed by atoms with Crippen LogP contribution in [0.5, 0.6) is 5.75 Å². The summed E-state index contributed by atoms with van der Waals surface area (Å²) < 4.78 is 5.03. The zero-order chi connectivity index (χ0) is 9.52. The SMILES string of the molecule is COc1ccc(S/C=C/CO)cc1. The smallest absolute Gasteiger partial charge is 0.118 e. The van der Waals surface area contributed by atoms with Crippen molar-refractivity contribution in [3.63, 3.8) is 0 Å². The summed E-state index contributed by atoms with van der Waals surface area (Å²) in [6.45, 7) is 0.0865. The van der Waals surface area contributed by atoms with Crippen LogP contribution in [-0.4, -0.2) is 18.8 Å². The van der Waals surface area contributed by atoms with E-state index in [1.54, 1.807) is 24.9 Å². The summed E-state index contributed by atoms with van der Waals surface area (Å²) in [6, 6.07) is 7.78. The van der Waals surface area contributed by atoms with Crippen molar-refractivity contribution in [2.45, 2.75) is 4.90 Å². The number of methoxy groups -OCH3 is 1. The van der Waals surface area contributed by atoms with E-state index in [1.165, 1.54) is 0 Å². The van der Waals surface area contributed by atoms with Gasteiger partial charge in [0.2, 0.25) is 0 Å². The van der Waals surface area contributed by atoms with Gasteiger partial charge in [-0.1, -0.05) is 17.8 Å². The first kappa shape index (κ1) is 10.2. The van der Waals surface area contributed by atoms with Crippen LogP contribution in [0.2, 0.25) is 0 Å². The summed E-state index contributed by atoms with van der Waals surface area (Å²) in [5.74, 6) is 0.857. The van der Waals surface area contributed by atoms with Gasteiger partial charge >= 0.3 is 0 Å². The standard InChI is InChI=1S/C10H12O2S/c1-12-9-3-5-10(6-4-9)13-8-2-7-11/h2-6,8,11H,7H2,1H3/b8-2+. The average Bonchev–Trinajstić information content (AvgIpc) is 2.19. The Morgan fingerprint density at radius 2 is 2.08 bits per heavy atom. The van der Waals surface area contributed by atoms with E-state index >= 15 is 0 Å². The van der Waals surface area contributed by atoms with Gasteiger partial charge in [0.05, 0.1) is 13.7 Å². The Bertz CT molecular complexity index is 267. The molecular weight excluding hydrogens is 184 g/mol. The minimum atomic E-state index is 0.0865. The summed E-state index contributed by atoms with van der Waals surface area (Å²) in [5.41, 5.74) is 0.